The van der Waals surface area contributed by atoms with Crippen molar-refractivity contribution in [2.24, 2.45) is 0 Å². The van der Waals surface area contributed by atoms with Gasteiger partial charge in [0.05, 0.1) is 0 Å². The van der Waals surface area contributed by atoms with E-state index in [4.69, 9.17) is 0 Å². The third-order valence-corrected chi connectivity index (χ3v) is 2.74. The van der Waals surface area contributed by atoms with E-state index in [1.54, 1.807) is 18.5 Å². The molecule has 1 heterocycles. The molecule has 4 heteroatoms. The average Bonchev–Trinajstić information content (AvgIpc) is 2.17. The molecule has 0 bridgehead atoms. The van der Waals surface area contributed by atoms with Crippen LogP contribution < -0.4 is 0 Å². The predicted molar refractivity (Wildman–Crippen MR) is 59.0 cm³/mol. The largest absolute Gasteiger partial charge is 0.508 e. The van der Waals surface area contributed by atoms with Crippen molar-refractivity contribution in [3.05, 3.63) is 42.4 Å². The number of hydrogen-bond donors (Lipinski definition) is 1. The van der Waals surface area contributed by atoms with Crippen LogP contribution in [0.5, 0.6) is 5.75 Å². The third-order valence-electron chi connectivity index (χ3n) is 1.82. The van der Waals surface area contributed by atoms with Crippen molar-refractivity contribution < 1.29 is 5.11 Å². The van der Waals surface area contributed by atoms with E-state index in [0.29, 0.717) is 0 Å². The number of aromatic hydroxyl groups is 1. The number of phenolic OH excluding ortho intramolecular Hbond substituents is 1. The zero-order chi connectivity index (χ0) is 10.7. The van der Waals surface area contributed by atoms with Crippen molar-refractivity contribution in [1.82, 2.24) is 9.97 Å². The molecule has 2 rings (SSSR count). The molecule has 0 radical (unpaired) electrons. The molecular weight excluding hydrogens is 208 g/mol. The monoisotopic (exact) mass is 218 g/mol. The van der Waals surface area contributed by atoms with Gasteiger partial charge in [0.25, 0.3) is 0 Å². The highest BCUT2D eigenvalue weighted by Gasteiger charge is 2.00. The van der Waals surface area contributed by atoms with Crippen molar-refractivity contribution in [2.75, 3.05) is 0 Å². The summed E-state index contributed by atoms with van der Waals surface area (Å²) >= 11 is 1.50. The topological polar surface area (TPSA) is 46.0 Å². The van der Waals surface area contributed by atoms with Crippen LogP contribution in [0.3, 0.4) is 0 Å². The van der Waals surface area contributed by atoms with Crippen molar-refractivity contribution in [3.63, 3.8) is 0 Å². The fourth-order valence-electron chi connectivity index (χ4n) is 1.15. The van der Waals surface area contributed by atoms with Crippen molar-refractivity contribution in [3.8, 4) is 5.75 Å². The second-order valence-electron chi connectivity index (χ2n) is 3.10. The number of phenols is 1. The van der Waals surface area contributed by atoms with Gasteiger partial charge in [0.1, 0.15) is 17.1 Å². The van der Waals surface area contributed by atoms with E-state index >= 15 is 0 Å². The molecule has 0 saturated carbocycles. The van der Waals surface area contributed by atoms with Crippen molar-refractivity contribution in [1.29, 1.82) is 0 Å². The molecule has 3 nitrogen and oxygen atoms in total. The molecule has 1 N–H and O–H groups in total. The zero-order valence-electron chi connectivity index (χ0n) is 8.21. The normalized spacial score (nSPS) is 10.2. The maximum Gasteiger partial charge on any atom is 0.116 e. The van der Waals surface area contributed by atoms with Gasteiger partial charge in [0, 0.05) is 10.6 Å². The summed E-state index contributed by atoms with van der Waals surface area (Å²) in [6.07, 6.45) is 1.54. The highest BCUT2D eigenvalue weighted by molar-refractivity contribution is 7.99. The van der Waals surface area contributed by atoms with Crippen LogP contribution in [0.2, 0.25) is 0 Å². The molecule has 1 aromatic carbocycles. The van der Waals surface area contributed by atoms with Crippen LogP contribution >= 0.6 is 11.8 Å². The number of aromatic nitrogens is 2. The molecule has 0 aliphatic carbocycles. The second-order valence-corrected chi connectivity index (χ2v) is 4.19. The lowest BCUT2D eigenvalue weighted by atomic mass is 10.3. The number of aryl methyl sites for hydroxylation is 1. The molecule has 0 atom stereocenters. The Kier molecular flexibility index (Phi) is 2.87. The summed E-state index contributed by atoms with van der Waals surface area (Å²) in [5, 5.41) is 10.2. The van der Waals surface area contributed by atoms with Crippen LogP contribution in [-0.2, 0) is 0 Å². The Labute approximate surface area is 92.2 Å². The number of nitrogens with zero attached hydrogens (tertiary/aromatic N) is 2. The molecule has 0 aliphatic rings. The summed E-state index contributed by atoms with van der Waals surface area (Å²) in [4.78, 5) is 9.13. The minimum Gasteiger partial charge on any atom is -0.508 e. The summed E-state index contributed by atoms with van der Waals surface area (Å²) in [6.45, 7) is 1.92. The van der Waals surface area contributed by atoms with E-state index in [0.717, 1.165) is 15.6 Å². The Morgan fingerprint density at radius 2 is 2.07 bits per heavy atom. The van der Waals surface area contributed by atoms with E-state index in [-0.39, 0.29) is 5.75 Å². The van der Waals surface area contributed by atoms with Crippen LogP contribution in [0.4, 0.5) is 0 Å². The van der Waals surface area contributed by atoms with Crippen LogP contribution in [0, 0.1) is 6.92 Å². The molecular formula is C11H10N2OS. The summed E-state index contributed by atoms with van der Waals surface area (Å²) in [7, 11) is 0. The van der Waals surface area contributed by atoms with Crippen molar-refractivity contribution >= 4 is 11.8 Å². The number of rotatable bonds is 2. The first-order valence-electron chi connectivity index (χ1n) is 4.49. The van der Waals surface area contributed by atoms with Gasteiger partial charge in [-0.15, -0.1) is 0 Å². The molecule has 15 heavy (non-hydrogen) atoms. The lowest BCUT2D eigenvalue weighted by Gasteiger charge is -2.01. The van der Waals surface area contributed by atoms with Gasteiger partial charge in [-0.3, -0.25) is 0 Å². The van der Waals surface area contributed by atoms with Gasteiger partial charge in [0.2, 0.25) is 0 Å². The van der Waals surface area contributed by atoms with E-state index in [1.807, 2.05) is 25.1 Å². The highest BCUT2D eigenvalue weighted by atomic mass is 32.2. The lowest BCUT2D eigenvalue weighted by molar-refractivity contribution is 0.474. The quantitative estimate of drug-likeness (QED) is 0.787. The third kappa shape index (κ3) is 2.70. The van der Waals surface area contributed by atoms with Crippen LogP contribution in [0.25, 0.3) is 0 Å². The van der Waals surface area contributed by atoms with E-state index in [9.17, 15) is 5.11 Å². The SMILES string of the molecule is Cc1cc(Sc2cccc(O)c2)ncn1. The van der Waals surface area contributed by atoms with Crippen LogP contribution in [0.1, 0.15) is 5.69 Å². The molecule has 76 valence electrons. The van der Waals surface area contributed by atoms with Crippen LogP contribution in [-0.4, -0.2) is 15.1 Å². The maximum absolute atomic E-state index is 9.30. The Morgan fingerprint density at radius 3 is 2.80 bits per heavy atom. The van der Waals surface area contributed by atoms with E-state index < -0.39 is 0 Å². The van der Waals surface area contributed by atoms with Gasteiger partial charge < -0.3 is 5.11 Å². The standard InChI is InChI=1S/C11H10N2OS/c1-8-5-11(13-7-12-8)15-10-4-2-3-9(14)6-10/h2-7,14H,1H3. The lowest BCUT2D eigenvalue weighted by Crippen LogP contribution is -1.85. The maximum atomic E-state index is 9.30. The minimum absolute atomic E-state index is 0.269. The molecule has 0 unspecified atom stereocenters. The average molecular weight is 218 g/mol. The van der Waals surface area contributed by atoms with Crippen LogP contribution in [0.15, 0.2) is 46.6 Å². The zero-order valence-corrected chi connectivity index (χ0v) is 9.03. The van der Waals surface area contributed by atoms with Gasteiger partial charge in [-0.05, 0) is 31.2 Å². The number of hydrogen-bond acceptors (Lipinski definition) is 4. The first kappa shape index (κ1) is 9.98. The molecule has 0 spiro atoms. The van der Waals surface area contributed by atoms with E-state index in [2.05, 4.69) is 9.97 Å². The molecule has 1 aromatic heterocycles. The molecule has 0 aliphatic heterocycles. The fourth-order valence-corrected chi connectivity index (χ4v) is 2.05. The van der Waals surface area contributed by atoms with Gasteiger partial charge in [0.15, 0.2) is 0 Å². The molecule has 0 amide bonds. The summed E-state index contributed by atoms with van der Waals surface area (Å²) in [6, 6.07) is 9.01. The van der Waals surface area contributed by atoms with Gasteiger partial charge in [-0.25, -0.2) is 9.97 Å². The fraction of sp³-hybridized carbons (Fsp3) is 0.0909. The summed E-state index contributed by atoms with van der Waals surface area (Å²) < 4.78 is 0. The summed E-state index contributed by atoms with van der Waals surface area (Å²) in [5.74, 6) is 0.269. The molecule has 0 fully saturated rings. The predicted octanol–water partition coefficient (Wildman–Crippen LogP) is 2.64. The van der Waals surface area contributed by atoms with Gasteiger partial charge in [-0.1, -0.05) is 17.8 Å². The summed E-state index contributed by atoms with van der Waals surface area (Å²) in [5.41, 5.74) is 0.938. The molecule has 0 saturated heterocycles. The first-order chi connectivity index (χ1) is 7.24. The first-order valence-corrected chi connectivity index (χ1v) is 5.31. The Balaban J connectivity index is 2.22. The Morgan fingerprint density at radius 1 is 1.20 bits per heavy atom. The Bertz CT molecular complexity index is 430. The molecule has 2 aromatic rings. The smallest absolute Gasteiger partial charge is 0.116 e. The van der Waals surface area contributed by atoms with Gasteiger partial charge >= 0.3 is 0 Å². The second kappa shape index (κ2) is 4.31. The van der Waals surface area contributed by atoms with E-state index in [1.165, 1.54) is 11.8 Å². The number of benzene rings is 1. The van der Waals surface area contributed by atoms with Crippen molar-refractivity contribution in [2.45, 2.75) is 16.8 Å². The van der Waals surface area contributed by atoms with Gasteiger partial charge in [-0.2, -0.15) is 0 Å². The Hall–Kier alpha value is -1.55. The minimum atomic E-state index is 0.269. The highest BCUT2D eigenvalue weighted by Crippen LogP contribution is 2.27.